The molecule has 3 heterocycles. The van der Waals surface area contributed by atoms with Gasteiger partial charge in [0.15, 0.2) is 0 Å². The van der Waals surface area contributed by atoms with Crippen LogP contribution in [-0.4, -0.2) is 47.1 Å². The number of ether oxygens (including phenoxy) is 1. The largest absolute Gasteiger partial charge is 0.378 e. The highest BCUT2D eigenvalue weighted by molar-refractivity contribution is 6.33. The Morgan fingerprint density at radius 3 is 2.67 bits per heavy atom. The topological polar surface area (TPSA) is 58.2 Å². The van der Waals surface area contributed by atoms with Crippen LogP contribution in [0.2, 0.25) is 5.02 Å². The zero-order valence-corrected chi connectivity index (χ0v) is 17.0. The predicted molar refractivity (Wildman–Crippen MR) is 119 cm³/mol. The molecule has 1 saturated heterocycles. The standard InChI is InChI=1S/C24H20ClN3O2/c25-22-7-2-1-6-19(22)21-15-27-23-20(21)13-18(14-26-23)16-4-3-5-17(12-16)24(29)28-8-10-30-11-9-28/h1-7,12-15H,8-11H2,(H,26,27). The molecule has 1 aliphatic rings. The lowest BCUT2D eigenvalue weighted by molar-refractivity contribution is 0.0303. The number of fused-ring (bicyclic) bond motifs is 1. The van der Waals surface area contributed by atoms with E-state index in [9.17, 15) is 4.79 Å². The van der Waals surface area contributed by atoms with Crippen LogP contribution in [0, 0.1) is 0 Å². The number of benzene rings is 2. The summed E-state index contributed by atoms with van der Waals surface area (Å²) >= 11 is 6.42. The number of carbonyl (C=O) groups is 1. The predicted octanol–water partition coefficient (Wildman–Crippen LogP) is 5.02. The van der Waals surface area contributed by atoms with E-state index < -0.39 is 0 Å². The number of hydrogen-bond donors (Lipinski definition) is 1. The van der Waals surface area contributed by atoms with Crippen molar-refractivity contribution in [2.75, 3.05) is 26.3 Å². The average molecular weight is 418 g/mol. The first kappa shape index (κ1) is 18.9. The number of amides is 1. The number of rotatable bonds is 3. The molecule has 5 rings (SSSR count). The summed E-state index contributed by atoms with van der Waals surface area (Å²) in [5, 5.41) is 1.69. The molecule has 30 heavy (non-hydrogen) atoms. The minimum Gasteiger partial charge on any atom is -0.378 e. The zero-order valence-electron chi connectivity index (χ0n) is 16.3. The Labute approximate surface area is 179 Å². The summed E-state index contributed by atoms with van der Waals surface area (Å²) < 4.78 is 5.35. The molecule has 5 nitrogen and oxygen atoms in total. The van der Waals surface area contributed by atoms with Crippen LogP contribution in [-0.2, 0) is 4.74 Å². The molecule has 1 N–H and O–H groups in total. The fraction of sp³-hybridized carbons (Fsp3) is 0.167. The summed E-state index contributed by atoms with van der Waals surface area (Å²) in [6, 6.07) is 17.6. The number of nitrogens with one attached hydrogen (secondary N) is 1. The molecule has 1 aliphatic heterocycles. The van der Waals surface area contributed by atoms with E-state index in [1.54, 1.807) is 0 Å². The Balaban J connectivity index is 1.53. The van der Waals surface area contributed by atoms with Gasteiger partial charge < -0.3 is 14.6 Å². The van der Waals surface area contributed by atoms with Gasteiger partial charge in [0.05, 0.1) is 13.2 Å². The van der Waals surface area contributed by atoms with Crippen molar-refractivity contribution >= 4 is 28.5 Å². The molecule has 0 bridgehead atoms. The first-order valence-corrected chi connectivity index (χ1v) is 10.3. The minimum absolute atomic E-state index is 0.0348. The Hall–Kier alpha value is -3.15. The zero-order chi connectivity index (χ0) is 20.5. The minimum atomic E-state index is 0.0348. The van der Waals surface area contributed by atoms with Crippen LogP contribution in [0.15, 0.2) is 67.0 Å². The molecular weight excluding hydrogens is 398 g/mol. The molecule has 4 aromatic rings. The van der Waals surface area contributed by atoms with Crippen molar-refractivity contribution < 1.29 is 9.53 Å². The molecule has 0 aliphatic carbocycles. The third kappa shape index (κ3) is 3.47. The number of morpholine rings is 1. The highest BCUT2D eigenvalue weighted by Gasteiger charge is 2.19. The first-order chi connectivity index (χ1) is 14.7. The van der Waals surface area contributed by atoms with Crippen LogP contribution >= 0.6 is 11.6 Å². The fourth-order valence-electron chi connectivity index (χ4n) is 3.84. The number of halogens is 1. The van der Waals surface area contributed by atoms with Gasteiger partial charge >= 0.3 is 0 Å². The molecule has 2 aromatic carbocycles. The monoisotopic (exact) mass is 417 g/mol. The summed E-state index contributed by atoms with van der Waals surface area (Å²) in [6.07, 6.45) is 3.76. The fourth-order valence-corrected chi connectivity index (χ4v) is 4.08. The summed E-state index contributed by atoms with van der Waals surface area (Å²) in [6.45, 7) is 2.43. The van der Waals surface area contributed by atoms with Crippen molar-refractivity contribution in [1.29, 1.82) is 0 Å². The lowest BCUT2D eigenvalue weighted by Crippen LogP contribution is -2.40. The van der Waals surface area contributed by atoms with Gasteiger partial charge in [0.1, 0.15) is 5.65 Å². The maximum atomic E-state index is 12.9. The Morgan fingerprint density at radius 2 is 1.83 bits per heavy atom. The smallest absolute Gasteiger partial charge is 0.254 e. The summed E-state index contributed by atoms with van der Waals surface area (Å²) in [5.41, 5.74) is 5.34. The molecule has 0 spiro atoms. The van der Waals surface area contributed by atoms with Crippen molar-refractivity contribution in [3.8, 4) is 22.3 Å². The van der Waals surface area contributed by atoms with E-state index in [1.165, 1.54) is 0 Å². The van der Waals surface area contributed by atoms with E-state index in [0.717, 1.165) is 33.3 Å². The summed E-state index contributed by atoms with van der Waals surface area (Å²) in [4.78, 5) is 22.5. The highest BCUT2D eigenvalue weighted by atomic mass is 35.5. The van der Waals surface area contributed by atoms with Crippen LogP contribution in [0.3, 0.4) is 0 Å². The lowest BCUT2D eigenvalue weighted by Gasteiger charge is -2.27. The van der Waals surface area contributed by atoms with Crippen molar-refractivity contribution in [3.05, 3.63) is 77.6 Å². The molecule has 1 amide bonds. The normalized spacial score (nSPS) is 14.2. The molecule has 0 atom stereocenters. The van der Waals surface area contributed by atoms with Crippen LogP contribution in [0.5, 0.6) is 0 Å². The second kappa shape index (κ2) is 7.94. The number of pyridine rings is 1. The Morgan fingerprint density at radius 1 is 1.00 bits per heavy atom. The number of H-pyrrole nitrogens is 1. The van der Waals surface area contributed by atoms with Crippen LogP contribution in [0.25, 0.3) is 33.3 Å². The van der Waals surface area contributed by atoms with Crippen molar-refractivity contribution in [1.82, 2.24) is 14.9 Å². The van der Waals surface area contributed by atoms with E-state index in [-0.39, 0.29) is 5.91 Å². The van der Waals surface area contributed by atoms with E-state index in [2.05, 4.69) is 16.0 Å². The third-order valence-corrected chi connectivity index (χ3v) is 5.77. The maximum Gasteiger partial charge on any atom is 0.254 e. The number of nitrogens with zero attached hydrogens (tertiary/aromatic N) is 2. The highest BCUT2D eigenvalue weighted by Crippen LogP contribution is 2.34. The summed E-state index contributed by atoms with van der Waals surface area (Å²) in [5.74, 6) is 0.0348. The molecule has 2 aromatic heterocycles. The van der Waals surface area contributed by atoms with E-state index in [0.29, 0.717) is 36.9 Å². The quantitative estimate of drug-likeness (QED) is 0.509. The second-order valence-electron chi connectivity index (χ2n) is 7.29. The van der Waals surface area contributed by atoms with Gasteiger partial charge in [-0.3, -0.25) is 4.79 Å². The number of carbonyl (C=O) groups excluding carboxylic acids is 1. The van der Waals surface area contributed by atoms with Gasteiger partial charge in [-0.15, -0.1) is 0 Å². The maximum absolute atomic E-state index is 12.9. The van der Waals surface area contributed by atoms with Gasteiger partial charge in [-0.2, -0.15) is 0 Å². The number of aromatic nitrogens is 2. The number of hydrogen-bond acceptors (Lipinski definition) is 3. The number of aromatic amines is 1. The summed E-state index contributed by atoms with van der Waals surface area (Å²) in [7, 11) is 0. The lowest BCUT2D eigenvalue weighted by atomic mass is 10.0. The molecule has 0 radical (unpaired) electrons. The van der Waals surface area contributed by atoms with Crippen LogP contribution in [0.1, 0.15) is 10.4 Å². The average Bonchev–Trinajstić information content (AvgIpc) is 3.22. The van der Waals surface area contributed by atoms with E-state index >= 15 is 0 Å². The third-order valence-electron chi connectivity index (χ3n) is 5.44. The Kier molecular flexibility index (Phi) is 4.99. The van der Waals surface area contributed by atoms with Crippen LogP contribution in [0.4, 0.5) is 0 Å². The van der Waals surface area contributed by atoms with Crippen LogP contribution < -0.4 is 0 Å². The van der Waals surface area contributed by atoms with Crippen molar-refractivity contribution in [3.63, 3.8) is 0 Å². The van der Waals surface area contributed by atoms with E-state index in [1.807, 2.05) is 65.8 Å². The molecular formula is C24H20ClN3O2. The van der Waals surface area contributed by atoms with Crippen molar-refractivity contribution in [2.45, 2.75) is 0 Å². The SMILES string of the molecule is O=C(c1cccc(-c2cnc3[nH]cc(-c4ccccc4Cl)c3c2)c1)N1CCOCC1. The second-order valence-corrected chi connectivity index (χ2v) is 7.69. The Bertz CT molecular complexity index is 1230. The molecule has 0 saturated carbocycles. The van der Waals surface area contributed by atoms with Gasteiger partial charge in [-0.25, -0.2) is 4.98 Å². The van der Waals surface area contributed by atoms with Gasteiger partial charge in [0.25, 0.3) is 5.91 Å². The molecule has 0 unspecified atom stereocenters. The molecule has 150 valence electrons. The first-order valence-electron chi connectivity index (χ1n) is 9.90. The van der Waals surface area contributed by atoms with E-state index in [4.69, 9.17) is 16.3 Å². The van der Waals surface area contributed by atoms with Gasteiger partial charge in [0, 0.05) is 58.1 Å². The van der Waals surface area contributed by atoms with Gasteiger partial charge in [0.2, 0.25) is 0 Å². The van der Waals surface area contributed by atoms with Gasteiger partial charge in [-0.1, -0.05) is 41.9 Å². The van der Waals surface area contributed by atoms with Crippen molar-refractivity contribution in [2.24, 2.45) is 0 Å². The van der Waals surface area contributed by atoms with Gasteiger partial charge in [-0.05, 0) is 29.8 Å². The molecule has 6 heteroatoms. The molecule has 1 fully saturated rings.